The maximum Gasteiger partial charge on any atom is 0.269 e. The number of hydrogen-bond donors (Lipinski definition) is 2. The van der Waals surface area contributed by atoms with Crippen molar-refractivity contribution in [2.24, 2.45) is 0 Å². The van der Waals surface area contributed by atoms with Crippen LogP contribution in [0.1, 0.15) is 5.56 Å². The zero-order valence-electron chi connectivity index (χ0n) is 14.1. The molecule has 2 aromatic carbocycles. The van der Waals surface area contributed by atoms with Crippen LogP contribution in [0, 0.1) is 21.4 Å². The van der Waals surface area contributed by atoms with E-state index < -0.39 is 10.5 Å². The average Bonchev–Trinajstić information content (AvgIpc) is 2.67. The Hall–Kier alpha value is -4.12. The molecule has 2 N–H and O–H groups in total. The predicted octanol–water partition coefficient (Wildman–Crippen LogP) is 3.20. The van der Waals surface area contributed by atoms with Crippen LogP contribution < -0.4 is 10.3 Å². The number of nitro benzene ring substituents is 1. The van der Waals surface area contributed by atoms with E-state index in [0.29, 0.717) is 22.4 Å². The third-order valence-electron chi connectivity index (χ3n) is 4.02. The summed E-state index contributed by atoms with van der Waals surface area (Å²) < 4.78 is 5.08. The molecule has 134 valence electrons. The number of nitriles is 1. The summed E-state index contributed by atoms with van der Waals surface area (Å²) in [6.07, 6.45) is 0. The Morgan fingerprint density at radius 1 is 1.15 bits per heavy atom. The Morgan fingerprint density at radius 2 is 1.81 bits per heavy atom. The van der Waals surface area contributed by atoms with Gasteiger partial charge in [0.25, 0.3) is 11.2 Å². The Bertz CT molecular complexity index is 1130. The number of H-pyrrole nitrogens is 1. The van der Waals surface area contributed by atoms with Crippen molar-refractivity contribution in [1.29, 1.82) is 5.26 Å². The second-order valence-corrected chi connectivity index (χ2v) is 5.60. The average molecular weight is 363 g/mol. The molecule has 0 saturated carbocycles. The van der Waals surface area contributed by atoms with Crippen LogP contribution >= 0.6 is 0 Å². The van der Waals surface area contributed by atoms with E-state index in [-0.39, 0.29) is 22.7 Å². The number of phenols is 1. The molecule has 0 radical (unpaired) electrons. The molecule has 0 bridgehead atoms. The summed E-state index contributed by atoms with van der Waals surface area (Å²) >= 11 is 0. The smallest absolute Gasteiger partial charge is 0.269 e. The molecule has 0 fully saturated rings. The van der Waals surface area contributed by atoms with Crippen LogP contribution in [0.5, 0.6) is 11.5 Å². The van der Waals surface area contributed by atoms with Crippen molar-refractivity contribution in [2.75, 3.05) is 7.11 Å². The number of nitro groups is 1. The molecular weight excluding hydrogens is 350 g/mol. The molecule has 0 saturated heterocycles. The number of aromatic hydroxyl groups is 1. The number of phenolic OH excluding ortho intramolecular Hbond substituents is 1. The lowest BCUT2D eigenvalue weighted by molar-refractivity contribution is -0.384. The molecule has 8 nitrogen and oxygen atoms in total. The minimum absolute atomic E-state index is 0.0693. The van der Waals surface area contributed by atoms with Crippen molar-refractivity contribution in [3.05, 3.63) is 74.6 Å². The fraction of sp³-hybridized carbons (Fsp3) is 0.0526. The van der Waals surface area contributed by atoms with Gasteiger partial charge in [-0.2, -0.15) is 5.26 Å². The second-order valence-electron chi connectivity index (χ2n) is 5.60. The van der Waals surface area contributed by atoms with Gasteiger partial charge in [-0.1, -0.05) is 6.07 Å². The number of non-ortho nitro benzene ring substituents is 1. The quantitative estimate of drug-likeness (QED) is 0.541. The molecule has 0 aliphatic rings. The SMILES string of the molecule is COc1cc(-c2cc(-c3ccc([N+](=O)[O-])cc3)[nH]c(=O)c2C#N)ccc1O. The lowest BCUT2D eigenvalue weighted by Gasteiger charge is -2.10. The van der Waals surface area contributed by atoms with E-state index >= 15 is 0 Å². The van der Waals surface area contributed by atoms with Gasteiger partial charge in [-0.25, -0.2) is 0 Å². The van der Waals surface area contributed by atoms with Crippen LogP contribution in [-0.2, 0) is 0 Å². The monoisotopic (exact) mass is 363 g/mol. The Labute approximate surface area is 153 Å². The fourth-order valence-electron chi connectivity index (χ4n) is 2.66. The van der Waals surface area contributed by atoms with Gasteiger partial charge in [0.15, 0.2) is 11.5 Å². The first-order valence-corrected chi connectivity index (χ1v) is 7.74. The summed E-state index contributed by atoms with van der Waals surface area (Å²) in [4.78, 5) is 25.3. The molecule has 3 aromatic rings. The van der Waals surface area contributed by atoms with Crippen LogP contribution in [0.2, 0.25) is 0 Å². The van der Waals surface area contributed by atoms with Crippen molar-refractivity contribution < 1.29 is 14.8 Å². The van der Waals surface area contributed by atoms with E-state index in [9.17, 15) is 25.3 Å². The zero-order valence-corrected chi connectivity index (χ0v) is 14.1. The number of benzene rings is 2. The minimum atomic E-state index is -0.588. The highest BCUT2D eigenvalue weighted by atomic mass is 16.6. The Balaban J connectivity index is 2.19. The second kappa shape index (κ2) is 7.01. The number of hydrogen-bond acceptors (Lipinski definition) is 6. The van der Waals surface area contributed by atoms with E-state index in [4.69, 9.17) is 4.74 Å². The number of ether oxygens (including phenoxy) is 1. The maximum absolute atomic E-state index is 12.4. The first-order valence-electron chi connectivity index (χ1n) is 7.74. The first-order chi connectivity index (χ1) is 12.9. The third-order valence-corrected chi connectivity index (χ3v) is 4.02. The van der Waals surface area contributed by atoms with E-state index in [2.05, 4.69) is 4.98 Å². The number of methoxy groups -OCH3 is 1. The topological polar surface area (TPSA) is 129 Å². The van der Waals surface area contributed by atoms with Crippen molar-refractivity contribution >= 4 is 5.69 Å². The molecule has 1 aromatic heterocycles. The van der Waals surface area contributed by atoms with Gasteiger partial charge in [-0.05, 0) is 41.5 Å². The summed E-state index contributed by atoms with van der Waals surface area (Å²) in [6, 6.07) is 13.6. The molecule has 0 atom stereocenters. The highest BCUT2D eigenvalue weighted by Crippen LogP contribution is 2.33. The van der Waals surface area contributed by atoms with Gasteiger partial charge in [0, 0.05) is 23.4 Å². The molecule has 0 amide bonds. The molecule has 0 aliphatic heterocycles. The molecule has 0 unspecified atom stereocenters. The molecule has 3 rings (SSSR count). The largest absolute Gasteiger partial charge is 0.504 e. The summed E-state index contributed by atoms with van der Waals surface area (Å²) in [5.74, 6) is 0.133. The highest BCUT2D eigenvalue weighted by molar-refractivity contribution is 5.76. The summed E-state index contributed by atoms with van der Waals surface area (Å²) in [5, 5.41) is 29.9. The normalized spacial score (nSPS) is 10.2. The van der Waals surface area contributed by atoms with Crippen LogP contribution in [0.15, 0.2) is 53.3 Å². The predicted molar refractivity (Wildman–Crippen MR) is 97.5 cm³/mol. The van der Waals surface area contributed by atoms with Crippen molar-refractivity contribution in [2.45, 2.75) is 0 Å². The molecule has 0 aliphatic carbocycles. The number of nitrogens with zero attached hydrogens (tertiary/aromatic N) is 2. The fourth-order valence-corrected chi connectivity index (χ4v) is 2.66. The summed E-state index contributed by atoms with van der Waals surface area (Å²) in [5.41, 5.74) is 1.07. The number of aromatic amines is 1. The van der Waals surface area contributed by atoms with Crippen molar-refractivity contribution in [3.8, 4) is 40.0 Å². The van der Waals surface area contributed by atoms with Crippen molar-refractivity contribution in [1.82, 2.24) is 4.98 Å². The van der Waals surface area contributed by atoms with Crippen LogP contribution in [-0.4, -0.2) is 22.1 Å². The molecule has 1 heterocycles. The molecule has 0 spiro atoms. The number of aromatic nitrogens is 1. The summed E-state index contributed by atoms with van der Waals surface area (Å²) in [7, 11) is 1.39. The van der Waals surface area contributed by atoms with Gasteiger partial charge in [0.1, 0.15) is 11.6 Å². The van der Waals surface area contributed by atoms with Gasteiger partial charge < -0.3 is 14.8 Å². The van der Waals surface area contributed by atoms with Crippen LogP contribution in [0.3, 0.4) is 0 Å². The Morgan fingerprint density at radius 3 is 2.41 bits per heavy atom. The Kier molecular flexibility index (Phi) is 4.60. The van der Waals surface area contributed by atoms with Crippen LogP contribution in [0.25, 0.3) is 22.4 Å². The van der Waals surface area contributed by atoms with Gasteiger partial charge in [0.05, 0.1) is 12.0 Å². The number of nitrogens with one attached hydrogen (secondary N) is 1. The van der Waals surface area contributed by atoms with Gasteiger partial charge >= 0.3 is 0 Å². The van der Waals surface area contributed by atoms with E-state index in [1.165, 1.54) is 43.5 Å². The molecule has 27 heavy (non-hydrogen) atoms. The lowest BCUT2D eigenvalue weighted by atomic mass is 9.98. The summed E-state index contributed by atoms with van der Waals surface area (Å²) in [6.45, 7) is 0. The first kappa shape index (κ1) is 17.7. The highest BCUT2D eigenvalue weighted by Gasteiger charge is 2.15. The van der Waals surface area contributed by atoms with Gasteiger partial charge in [-0.3, -0.25) is 14.9 Å². The lowest BCUT2D eigenvalue weighted by Crippen LogP contribution is -2.12. The van der Waals surface area contributed by atoms with E-state index in [0.717, 1.165) is 0 Å². The third kappa shape index (κ3) is 3.34. The molecule has 8 heteroatoms. The van der Waals surface area contributed by atoms with Gasteiger partial charge in [0.2, 0.25) is 0 Å². The maximum atomic E-state index is 12.4. The minimum Gasteiger partial charge on any atom is -0.504 e. The van der Waals surface area contributed by atoms with Crippen molar-refractivity contribution in [3.63, 3.8) is 0 Å². The number of rotatable bonds is 4. The standard InChI is InChI=1S/C19H13N3O5/c1-27-18-8-12(4-7-17(18)23)14-9-16(21-19(24)15(14)10-20)11-2-5-13(6-3-11)22(25)26/h2-9,23H,1H3,(H,21,24). The molecular formula is C19H13N3O5. The van der Waals surface area contributed by atoms with Gasteiger partial charge in [-0.15, -0.1) is 0 Å². The van der Waals surface area contributed by atoms with E-state index in [1.807, 2.05) is 6.07 Å². The number of pyridine rings is 1. The van der Waals surface area contributed by atoms with Crippen LogP contribution in [0.4, 0.5) is 5.69 Å². The zero-order chi connectivity index (χ0) is 19.6. The van der Waals surface area contributed by atoms with E-state index in [1.54, 1.807) is 12.1 Å².